The van der Waals surface area contributed by atoms with Crippen LogP contribution >= 0.6 is 0 Å². The number of hydrogen-bond donors (Lipinski definition) is 2. The van der Waals surface area contributed by atoms with E-state index in [2.05, 4.69) is 55.5 Å². The zero-order valence-corrected chi connectivity index (χ0v) is 14.4. The van der Waals surface area contributed by atoms with Gasteiger partial charge in [0.1, 0.15) is 17.7 Å². The molecule has 3 aromatic heterocycles. The molecule has 7 nitrogen and oxygen atoms in total. The quantitative estimate of drug-likeness (QED) is 0.599. The van der Waals surface area contributed by atoms with Crippen LogP contribution in [0, 0.1) is 20.8 Å². The molecule has 0 bridgehead atoms. The van der Waals surface area contributed by atoms with Crippen molar-refractivity contribution in [1.29, 1.82) is 0 Å². The lowest BCUT2D eigenvalue weighted by atomic mass is 10.2. The van der Waals surface area contributed by atoms with Crippen LogP contribution < -0.4 is 5.32 Å². The van der Waals surface area contributed by atoms with Gasteiger partial charge in [-0.1, -0.05) is 12.1 Å². The molecular weight excluding hydrogens is 314 g/mol. The number of nitrogens with zero attached hydrogens (tertiary/aromatic N) is 5. The monoisotopic (exact) mass is 333 g/mol. The summed E-state index contributed by atoms with van der Waals surface area (Å²) in [5, 5.41) is 7.88. The van der Waals surface area contributed by atoms with Crippen LogP contribution in [-0.2, 0) is 6.54 Å². The summed E-state index contributed by atoms with van der Waals surface area (Å²) >= 11 is 0. The van der Waals surface area contributed by atoms with E-state index in [0.29, 0.717) is 11.5 Å². The highest BCUT2D eigenvalue weighted by atomic mass is 15.3. The van der Waals surface area contributed by atoms with Crippen molar-refractivity contribution in [2.75, 3.05) is 5.32 Å². The average Bonchev–Trinajstić information content (AvgIpc) is 3.10. The first-order valence-corrected chi connectivity index (χ1v) is 8.13. The lowest BCUT2D eigenvalue weighted by Crippen LogP contribution is -2.04. The van der Waals surface area contributed by atoms with Crippen LogP contribution in [0.2, 0.25) is 0 Å². The first-order chi connectivity index (χ1) is 12.1. The minimum Gasteiger partial charge on any atom is -0.338 e. The van der Waals surface area contributed by atoms with Crippen LogP contribution in [0.3, 0.4) is 0 Å². The maximum atomic E-state index is 4.53. The average molecular weight is 333 g/mol. The largest absolute Gasteiger partial charge is 0.338 e. The van der Waals surface area contributed by atoms with E-state index >= 15 is 0 Å². The van der Waals surface area contributed by atoms with E-state index in [1.807, 2.05) is 30.7 Å². The molecule has 25 heavy (non-hydrogen) atoms. The number of aromatic nitrogens is 6. The van der Waals surface area contributed by atoms with E-state index in [9.17, 15) is 0 Å². The number of nitrogens with one attached hydrogen (secondary N) is 2. The van der Waals surface area contributed by atoms with Crippen LogP contribution in [0.15, 0.2) is 36.7 Å². The van der Waals surface area contributed by atoms with Crippen molar-refractivity contribution in [3.8, 4) is 0 Å². The van der Waals surface area contributed by atoms with E-state index in [1.165, 1.54) is 11.9 Å². The second-order valence-electron chi connectivity index (χ2n) is 6.15. The molecule has 0 saturated heterocycles. The fourth-order valence-electron chi connectivity index (χ4n) is 2.93. The third-order valence-electron chi connectivity index (χ3n) is 4.03. The molecule has 7 heteroatoms. The summed E-state index contributed by atoms with van der Waals surface area (Å²) < 4.78 is 2.01. The number of fused-ring (bicyclic) bond motifs is 1. The number of aryl methyl sites for hydroxylation is 3. The summed E-state index contributed by atoms with van der Waals surface area (Å²) in [6.07, 6.45) is 1.52. The van der Waals surface area contributed by atoms with Crippen molar-refractivity contribution in [2.24, 2.45) is 0 Å². The lowest BCUT2D eigenvalue weighted by Gasteiger charge is -2.09. The van der Waals surface area contributed by atoms with Crippen molar-refractivity contribution in [1.82, 2.24) is 29.7 Å². The number of benzene rings is 1. The Kier molecular flexibility index (Phi) is 3.68. The number of rotatable bonds is 4. The molecule has 0 saturated carbocycles. The second-order valence-corrected chi connectivity index (χ2v) is 6.15. The molecule has 0 fully saturated rings. The van der Waals surface area contributed by atoms with Gasteiger partial charge in [0, 0.05) is 11.4 Å². The highest BCUT2D eigenvalue weighted by Gasteiger charge is 2.09. The first-order valence-electron chi connectivity index (χ1n) is 8.13. The van der Waals surface area contributed by atoms with Gasteiger partial charge in [-0.05, 0) is 44.5 Å². The molecule has 2 N–H and O–H groups in total. The zero-order valence-electron chi connectivity index (χ0n) is 14.4. The molecule has 0 amide bonds. The molecule has 0 aliphatic heterocycles. The van der Waals surface area contributed by atoms with Crippen LogP contribution in [0.4, 0.5) is 11.5 Å². The molecule has 126 valence electrons. The predicted molar refractivity (Wildman–Crippen MR) is 96.9 cm³/mol. The maximum Gasteiger partial charge on any atom is 0.183 e. The molecule has 0 radical (unpaired) electrons. The van der Waals surface area contributed by atoms with Gasteiger partial charge in [0.2, 0.25) is 0 Å². The van der Waals surface area contributed by atoms with Crippen molar-refractivity contribution < 1.29 is 0 Å². The fourth-order valence-corrected chi connectivity index (χ4v) is 2.93. The van der Waals surface area contributed by atoms with Crippen molar-refractivity contribution in [3.05, 3.63) is 59.4 Å². The number of imidazole rings is 1. The highest BCUT2D eigenvalue weighted by Crippen LogP contribution is 2.22. The molecule has 0 aliphatic rings. The van der Waals surface area contributed by atoms with Gasteiger partial charge in [0.05, 0.1) is 12.2 Å². The number of aromatic amines is 1. The van der Waals surface area contributed by atoms with Crippen LogP contribution in [-0.4, -0.2) is 29.7 Å². The van der Waals surface area contributed by atoms with Crippen molar-refractivity contribution in [3.63, 3.8) is 0 Å². The molecule has 4 rings (SSSR count). The Morgan fingerprint density at radius 2 is 2.00 bits per heavy atom. The summed E-state index contributed by atoms with van der Waals surface area (Å²) in [5.74, 6) is 1.53. The van der Waals surface area contributed by atoms with Crippen LogP contribution in [0.25, 0.3) is 11.2 Å². The van der Waals surface area contributed by atoms with Gasteiger partial charge < -0.3 is 10.3 Å². The standard InChI is InChI=1S/C18H19N7/c1-11-7-12(2)25(24-11)9-14-5-4-6-15(8-14)23-18-16-17(19-10-20-18)22-13(3)21-16/h4-8,10H,9H2,1-3H3,(H2,19,20,21,22,23). The van der Waals surface area contributed by atoms with Crippen molar-refractivity contribution in [2.45, 2.75) is 27.3 Å². The summed E-state index contributed by atoms with van der Waals surface area (Å²) in [4.78, 5) is 16.1. The molecule has 0 unspecified atom stereocenters. The number of hydrogen-bond acceptors (Lipinski definition) is 5. The summed E-state index contributed by atoms with van der Waals surface area (Å²) in [6, 6.07) is 10.3. The molecule has 0 atom stereocenters. The van der Waals surface area contributed by atoms with E-state index < -0.39 is 0 Å². The van der Waals surface area contributed by atoms with Gasteiger partial charge in [-0.2, -0.15) is 5.10 Å². The Morgan fingerprint density at radius 3 is 2.80 bits per heavy atom. The van der Waals surface area contributed by atoms with Crippen LogP contribution in [0.1, 0.15) is 22.8 Å². The van der Waals surface area contributed by atoms with Gasteiger partial charge in [-0.15, -0.1) is 0 Å². The van der Waals surface area contributed by atoms with Gasteiger partial charge in [0.15, 0.2) is 11.5 Å². The Morgan fingerprint density at radius 1 is 1.12 bits per heavy atom. The van der Waals surface area contributed by atoms with Gasteiger partial charge >= 0.3 is 0 Å². The maximum absolute atomic E-state index is 4.53. The van der Waals surface area contributed by atoms with E-state index in [1.54, 1.807) is 0 Å². The minimum absolute atomic E-state index is 0.661. The number of H-pyrrole nitrogens is 1. The molecule has 0 spiro atoms. The highest BCUT2D eigenvalue weighted by molar-refractivity contribution is 5.84. The molecular formula is C18H19N7. The SMILES string of the molecule is Cc1cc(C)n(Cc2cccc(Nc3ncnc4nc(C)[nH]c34)c2)n1. The Labute approximate surface area is 145 Å². The minimum atomic E-state index is 0.661. The van der Waals surface area contributed by atoms with E-state index in [0.717, 1.165) is 35.0 Å². The second kappa shape index (κ2) is 6.01. The predicted octanol–water partition coefficient (Wildman–Crippen LogP) is 3.27. The summed E-state index contributed by atoms with van der Waals surface area (Å²) in [6.45, 7) is 6.71. The summed E-state index contributed by atoms with van der Waals surface area (Å²) in [7, 11) is 0. The Hall–Kier alpha value is -3.22. The summed E-state index contributed by atoms with van der Waals surface area (Å²) in [5.41, 5.74) is 5.79. The molecule has 0 aliphatic carbocycles. The third kappa shape index (κ3) is 3.08. The fraction of sp³-hybridized carbons (Fsp3) is 0.222. The Balaban J connectivity index is 1.62. The topological polar surface area (TPSA) is 84.3 Å². The molecule has 4 aromatic rings. The van der Waals surface area contributed by atoms with Gasteiger partial charge in [0.25, 0.3) is 0 Å². The van der Waals surface area contributed by atoms with Crippen molar-refractivity contribution >= 4 is 22.7 Å². The lowest BCUT2D eigenvalue weighted by molar-refractivity contribution is 0.659. The number of anilines is 2. The van der Waals surface area contributed by atoms with E-state index in [4.69, 9.17) is 0 Å². The van der Waals surface area contributed by atoms with Crippen LogP contribution in [0.5, 0.6) is 0 Å². The Bertz CT molecular complexity index is 1040. The molecule has 1 aromatic carbocycles. The first kappa shape index (κ1) is 15.3. The van der Waals surface area contributed by atoms with Gasteiger partial charge in [-0.3, -0.25) is 4.68 Å². The zero-order chi connectivity index (χ0) is 17.4. The normalized spacial score (nSPS) is 11.2. The van der Waals surface area contributed by atoms with E-state index in [-0.39, 0.29) is 0 Å². The van der Waals surface area contributed by atoms with Gasteiger partial charge in [-0.25, -0.2) is 15.0 Å². The third-order valence-corrected chi connectivity index (χ3v) is 4.03. The smallest absolute Gasteiger partial charge is 0.183 e. The molecule has 3 heterocycles.